The van der Waals surface area contributed by atoms with Crippen LogP contribution in [-0.2, 0) is 32.6 Å². The molecule has 41 heavy (non-hydrogen) atoms. The molecule has 220 valence electrons. The Labute approximate surface area is 250 Å². The number of benzene rings is 3. The summed E-state index contributed by atoms with van der Waals surface area (Å²) in [6, 6.07) is 20.6. The molecular weight excluding hydrogens is 610 g/mol. The number of halogens is 1. The lowest BCUT2D eigenvalue weighted by atomic mass is 10.0. The second-order valence-electron chi connectivity index (χ2n) is 9.46. The molecule has 3 aromatic rings. The minimum Gasteiger partial charge on any atom is -0.493 e. The first-order valence-electron chi connectivity index (χ1n) is 13.1. The lowest BCUT2D eigenvalue weighted by Crippen LogP contribution is -2.53. The van der Waals surface area contributed by atoms with Crippen LogP contribution in [0, 0.1) is 0 Å². The van der Waals surface area contributed by atoms with Gasteiger partial charge >= 0.3 is 0 Å². The highest BCUT2D eigenvalue weighted by molar-refractivity contribution is 9.10. The molecule has 3 aromatic carbocycles. The Balaban J connectivity index is 2.06. The third-order valence-electron chi connectivity index (χ3n) is 6.40. The molecule has 0 aromatic heterocycles. The van der Waals surface area contributed by atoms with Crippen LogP contribution in [-0.4, -0.2) is 64.7 Å². The molecule has 3 rings (SSSR count). The summed E-state index contributed by atoms with van der Waals surface area (Å²) < 4.78 is 38.4. The van der Waals surface area contributed by atoms with Crippen molar-refractivity contribution in [3.05, 3.63) is 88.4 Å². The van der Waals surface area contributed by atoms with E-state index in [9.17, 15) is 18.0 Å². The Morgan fingerprint density at radius 2 is 1.61 bits per heavy atom. The quantitative estimate of drug-likeness (QED) is 0.279. The number of carbonyl (C=O) groups excluding carboxylic acids is 2. The van der Waals surface area contributed by atoms with Gasteiger partial charge in [-0.2, -0.15) is 0 Å². The van der Waals surface area contributed by atoms with Crippen LogP contribution in [0.1, 0.15) is 24.5 Å². The molecule has 1 N–H and O–H groups in total. The summed E-state index contributed by atoms with van der Waals surface area (Å²) in [5.74, 6) is -0.102. The Kier molecular flexibility index (Phi) is 11.6. The first-order valence-corrected chi connectivity index (χ1v) is 15.8. The zero-order valence-electron chi connectivity index (χ0n) is 23.7. The van der Waals surface area contributed by atoms with Crippen LogP contribution in [0.2, 0.25) is 0 Å². The second kappa shape index (κ2) is 14.9. The fourth-order valence-corrected chi connectivity index (χ4v) is 5.63. The van der Waals surface area contributed by atoms with E-state index in [1.54, 1.807) is 12.1 Å². The summed E-state index contributed by atoms with van der Waals surface area (Å²) >= 11 is 3.47. The summed E-state index contributed by atoms with van der Waals surface area (Å²) in [5.41, 5.74) is 1.89. The van der Waals surface area contributed by atoms with E-state index in [1.165, 1.54) is 25.2 Å². The number of hydrogen-bond acceptors (Lipinski definition) is 6. The van der Waals surface area contributed by atoms with Gasteiger partial charge < -0.3 is 19.7 Å². The molecule has 9 nitrogen and oxygen atoms in total. The number of nitrogens with one attached hydrogen (secondary N) is 1. The van der Waals surface area contributed by atoms with E-state index in [0.717, 1.165) is 32.6 Å². The highest BCUT2D eigenvalue weighted by Crippen LogP contribution is 2.32. The second-order valence-corrected chi connectivity index (χ2v) is 12.3. The lowest BCUT2D eigenvalue weighted by Gasteiger charge is -2.33. The fraction of sp³-hybridized carbons (Fsp3) is 0.333. The van der Waals surface area contributed by atoms with Crippen molar-refractivity contribution >= 4 is 43.5 Å². The summed E-state index contributed by atoms with van der Waals surface area (Å²) in [6.07, 6.45) is 2.01. The molecular formula is C30H36BrN3O6S. The van der Waals surface area contributed by atoms with Crippen molar-refractivity contribution in [3.63, 3.8) is 0 Å². The maximum atomic E-state index is 14.1. The van der Waals surface area contributed by atoms with Crippen LogP contribution in [0.5, 0.6) is 11.5 Å². The molecule has 0 heterocycles. The Morgan fingerprint density at radius 1 is 0.927 bits per heavy atom. The molecule has 0 aliphatic carbocycles. The highest BCUT2D eigenvalue weighted by Gasteiger charge is 2.33. The molecule has 2 amide bonds. The van der Waals surface area contributed by atoms with Crippen molar-refractivity contribution in [1.29, 1.82) is 0 Å². The van der Waals surface area contributed by atoms with Crippen LogP contribution >= 0.6 is 15.9 Å². The van der Waals surface area contributed by atoms with Crippen molar-refractivity contribution in [2.75, 3.05) is 37.9 Å². The fourth-order valence-electron chi connectivity index (χ4n) is 4.35. The van der Waals surface area contributed by atoms with E-state index in [1.807, 2.05) is 61.5 Å². The average molecular weight is 647 g/mol. The Hall–Kier alpha value is -3.57. The summed E-state index contributed by atoms with van der Waals surface area (Å²) in [5, 5.41) is 2.92. The van der Waals surface area contributed by atoms with Crippen LogP contribution < -0.4 is 19.1 Å². The minimum atomic E-state index is -3.91. The van der Waals surface area contributed by atoms with Crippen LogP contribution in [0.3, 0.4) is 0 Å². The van der Waals surface area contributed by atoms with Gasteiger partial charge in [-0.3, -0.25) is 13.9 Å². The topological polar surface area (TPSA) is 105 Å². The van der Waals surface area contributed by atoms with Gasteiger partial charge in [-0.05, 0) is 41.8 Å². The SMILES string of the molecule is CCCNC(=O)[C@H](Cc1ccccc1)N(Cc1cccc(Br)c1)C(=O)CN(c1ccc(OC)c(OC)c1)S(C)(=O)=O. The molecule has 0 saturated carbocycles. The predicted molar refractivity (Wildman–Crippen MR) is 164 cm³/mol. The summed E-state index contributed by atoms with van der Waals surface area (Å²) in [4.78, 5) is 29.1. The van der Waals surface area contributed by atoms with Gasteiger partial charge in [-0.1, -0.05) is 65.3 Å². The molecule has 0 aliphatic heterocycles. The zero-order valence-corrected chi connectivity index (χ0v) is 26.1. The number of methoxy groups -OCH3 is 2. The maximum absolute atomic E-state index is 14.1. The van der Waals surface area contributed by atoms with E-state index < -0.39 is 28.5 Å². The lowest BCUT2D eigenvalue weighted by molar-refractivity contribution is -0.140. The number of ether oxygens (including phenoxy) is 2. The standard InChI is InChI=1S/C30H36BrN3O6S/c1-5-16-32-30(36)26(18-22-10-7-6-8-11-22)33(20-23-12-9-13-24(31)17-23)29(35)21-34(41(4,37)38)25-14-15-27(39-2)28(19-25)40-3/h6-15,17,19,26H,5,16,18,20-21H2,1-4H3,(H,32,36)/t26-/m0/s1. The minimum absolute atomic E-state index is 0.0961. The van der Waals surface area contributed by atoms with Crippen LogP contribution in [0.4, 0.5) is 5.69 Å². The smallest absolute Gasteiger partial charge is 0.244 e. The first-order chi connectivity index (χ1) is 19.6. The third kappa shape index (κ3) is 8.96. The molecule has 0 aliphatic rings. The van der Waals surface area contributed by atoms with Gasteiger partial charge in [-0.25, -0.2) is 8.42 Å². The van der Waals surface area contributed by atoms with Gasteiger partial charge in [0.2, 0.25) is 21.8 Å². The van der Waals surface area contributed by atoms with E-state index in [0.29, 0.717) is 18.0 Å². The van der Waals surface area contributed by atoms with Crippen LogP contribution in [0.15, 0.2) is 77.3 Å². The highest BCUT2D eigenvalue weighted by atomic mass is 79.9. The number of nitrogens with zero attached hydrogens (tertiary/aromatic N) is 2. The van der Waals surface area contributed by atoms with Crippen LogP contribution in [0.25, 0.3) is 0 Å². The molecule has 11 heteroatoms. The molecule has 0 fully saturated rings. The molecule has 0 bridgehead atoms. The zero-order chi connectivity index (χ0) is 30.0. The van der Waals surface area contributed by atoms with Crippen molar-refractivity contribution in [2.45, 2.75) is 32.4 Å². The average Bonchev–Trinajstić information content (AvgIpc) is 2.95. The summed E-state index contributed by atoms with van der Waals surface area (Å²) in [7, 11) is -0.986. The third-order valence-corrected chi connectivity index (χ3v) is 8.03. The Bertz CT molecular complexity index is 1440. The largest absolute Gasteiger partial charge is 0.493 e. The number of rotatable bonds is 14. The maximum Gasteiger partial charge on any atom is 0.244 e. The Morgan fingerprint density at radius 3 is 2.22 bits per heavy atom. The number of amides is 2. The number of sulfonamides is 1. The van der Waals surface area contributed by atoms with Gasteiger partial charge in [0.1, 0.15) is 12.6 Å². The van der Waals surface area contributed by atoms with Crippen molar-refractivity contribution < 1.29 is 27.5 Å². The predicted octanol–water partition coefficient (Wildman–Crippen LogP) is 4.40. The van der Waals surface area contributed by atoms with Gasteiger partial charge in [0, 0.05) is 30.0 Å². The number of carbonyl (C=O) groups is 2. The molecule has 0 radical (unpaired) electrons. The monoisotopic (exact) mass is 645 g/mol. The van der Waals surface area contributed by atoms with Gasteiger partial charge in [0.05, 0.1) is 26.2 Å². The molecule has 0 unspecified atom stereocenters. The van der Waals surface area contributed by atoms with E-state index in [4.69, 9.17) is 9.47 Å². The molecule has 0 spiro atoms. The number of hydrogen-bond donors (Lipinski definition) is 1. The van der Waals surface area contributed by atoms with E-state index in [-0.39, 0.29) is 24.6 Å². The normalized spacial score (nSPS) is 11.8. The molecule has 0 saturated heterocycles. The van der Waals surface area contributed by atoms with Crippen molar-refractivity contribution in [2.24, 2.45) is 0 Å². The van der Waals surface area contributed by atoms with Gasteiger partial charge in [0.25, 0.3) is 0 Å². The summed E-state index contributed by atoms with van der Waals surface area (Å²) in [6.45, 7) is 1.97. The van der Waals surface area contributed by atoms with E-state index >= 15 is 0 Å². The first kappa shape index (κ1) is 32.0. The number of anilines is 1. The van der Waals surface area contributed by atoms with Crippen molar-refractivity contribution in [1.82, 2.24) is 10.2 Å². The van der Waals surface area contributed by atoms with E-state index in [2.05, 4.69) is 21.2 Å². The molecule has 1 atom stereocenters. The van der Waals surface area contributed by atoms with Gasteiger partial charge in [-0.15, -0.1) is 0 Å². The van der Waals surface area contributed by atoms with Crippen molar-refractivity contribution in [3.8, 4) is 11.5 Å². The van der Waals surface area contributed by atoms with Gasteiger partial charge in [0.15, 0.2) is 11.5 Å².